The van der Waals surface area contributed by atoms with E-state index in [1.165, 1.54) is 5.56 Å². The number of nitrogens with zero attached hydrogens (tertiary/aromatic N) is 3. The van der Waals surface area contributed by atoms with Gasteiger partial charge in [-0.25, -0.2) is 9.66 Å². The number of rotatable bonds is 4. The van der Waals surface area contributed by atoms with Gasteiger partial charge in [-0.05, 0) is 29.5 Å². The van der Waals surface area contributed by atoms with Gasteiger partial charge in [0.25, 0.3) is 0 Å². The van der Waals surface area contributed by atoms with E-state index in [9.17, 15) is 0 Å². The first kappa shape index (κ1) is 18.8. The third-order valence-corrected chi connectivity index (χ3v) is 5.62. The van der Waals surface area contributed by atoms with Crippen molar-refractivity contribution in [1.29, 1.82) is 5.41 Å². The molecule has 0 saturated heterocycles. The molecule has 0 radical (unpaired) electrons. The molecule has 0 fully saturated rings. The van der Waals surface area contributed by atoms with Crippen LogP contribution in [0.4, 0.5) is 5.95 Å². The van der Waals surface area contributed by atoms with Crippen molar-refractivity contribution >= 4 is 17.5 Å². The lowest BCUT2D eigenvalue weighted by molar-refractivity contribution is 0.883. The third kappa shape index (κ3) is 3.48. The second kappa shape index (κ2) is 7.57. The molecule has 0 unspecified atom stereocenters. The maximum atomic E-state index is 7.80. The van der Waals surface area contributed by atoms with Gasteiger partial charge in [0, 0.05) is 16.7 Å². The molecule has 31 heavy (non-hydrogen) atoms. The Morgan fingerprint density at radius 3 is 2.32 bits per heavy atom. The summed E-state index contributed by atoms with van der Waals surface area (Å²) in [4.78, 5) is 4.51. The highest BCUT2D eigenvalue weighted by Crippen LogP contribution is 2.28. The number of hydrogen-bond acceptors (Lipinski definition) is 4. The van der Waals surface area contributed by atoms with Crippen LogP contribution in [0, 0.1) is 5.41 Å². The fraction of sp³-hybridized carbons (Fsp3) is 0.0800. The number of anilines is 1. The predicted octanol–water partition coefficient (Wildman–Crippen LogP) is 4.28. The Bertz CT molecular complexity index is 1300. The molecule has 152 valence electrons. The molecule has 6 nitrogen and oxygen atoms in total. The number of hydrogen-bond donors (Lipinski definition) is 3. The van der Waals surface area contributed by atoms with Gasteiger partial charge in [0.2, 0.25) is 5.95 Å². The first-order valence-corrected chi connectivity index (χ1v) is 10.2. The summed E-state index contributed by atoms with van der Waals surface area (Å²) in [7, 11) is 0. The van der Waals surface area contributed by atoms with Crippen LogP contribution in [-0.4, -0.2) is 21.2 Å². The highest BCUT2D eigenvalue weighted by Gasteiger charge is 2.22. The molecule has 0 atom stereocenters. The topological polar surface area (TPSA) is 106 Å². The van der Waals surface area contributed by atoms with E-state index in [0.717, 1.165) is 52.1 Å². The van der Waals surface area contributed by atoms with Crippen LogP contribution >= 0.6 is 0 Å². The number of nitrogens with two attached hydrogens (primary N) is 2. The average molecular weight is 406 g/mol. The van der Waals surface area contributed by atoms with Crippen LogP contribution in [0.2, 0.25) is 0 Å². The summed E-state index contributed by atoms with van der Waals surface area (Å²) < 4.78 is 1.63. The molecule has 0 saturated carbocycles. The molecular weight excluding hydrogens is 384 g/mol. The fourth-order valence-electron chi connectivity index (χ4n) is 4.06. The Labute approximate surface area is 180 Å². The van der Waals surface area contributed by atoms with Crippen LogP contribution < -0.4 is 11.5 Å². The molecule has 3 aromatic carbocycles. The van der Waals surface area contributed by atoms with Gasteiger partial charge in [0.1, 0.15) is 5.84 Å². The minimum absolute atomic E-state index is 0.0847. The molecule has 0 bridgehead atoms. The smallest absolute Gasteiger partial charge is 0.221 e. The molecule has 4 aromatic rings. The first-order valence-electron chi connectivity index (χ1n) is 10.2. The second-order valence-corrected chi connectivity index (χ2v) is 7.56. The van der Waals surface area contributed by atoms with Crippen molar-refractivity contribution in [3.8, 4) is 22.4 Å². The predicted molar refractivity (Wildman–Crippen MR) is 125 cm³/mol. The van der Waals surface area contributed by atoms with Crippen LogP contribution in [0.5, 0.6) is 0 Å². The minimum atomic E-state index is 0.0847. The van der Waals surface area contributed by atoms with Crippen molar-refractivity contribution < 1.29 is 0 Å². The molecule has 5 rings (SSSR count). The van der Waals surface area contributed by atoms with Crippen molar-refractivity contribution in [2.75, 3.05) is 5.73 Å². The highest BCUT2D eigenvalue weighted by atomic mass is 15.4. The minimum Gasteiger partial charge on any atom is -0.384 e. The number of fused-ring (bicyclic) bond motifs is 1. The van der Waals surface area contributed by atoms with E-state index in [-0.39, 0.29) is 5.84 Å². The second-order valence-electron chi connectivity index (χ2n) is 7.56. The van der Waals surface area contributed by atoms with Crippen LogP contribution in [-0.2, 0) is 6.42 Å². The molecule has 0 spiro atoms. The lowest BCUT2D eigenvalue weighted by atomic mass is 10.0. The molecule has 1 aromatic heterocycles. The summed E-state index contributed by atoms with van der Waals surface area (Å²) in [5.41, 5.74) is 19.8. The largest absolute Gasteiger partial charge is 0.384 e. The lowest BCUT2D eigenvalue weighted by Crippen LogP contribution is -2.13. The number of nitrogens with one attached hydrogen (secondary N) is 1. The molecule has 6 heteroatoms. The molecule has 0 aliphatic heterocycles. The quantitative estimate of drug-likeness (QED) is 0.348. The first-order chi connectivity index (χ1) is 15.1. The maximum Gasteiger partial charge on any atom is 0.221 e. The zero-order valence-corrected chi connectivity index (χ0v) is 16.9. The van der Waals surface area contributed by atoms with Crippen molar-refractivity contribution in [3.63, 3.8) is 0 Å². The van der Waals surface area contributed by atoms with Crippen molar-refractivity contribution in [2.24, 2.45) is 10.8 Å². The van der Waals surface area contributed by atoms with Gasteiger partial charge in [-0.1, -0.05) is 72.8 Å². The number of aromatic nitrogens is 2. The number of imidazole rings is 1. The molecular formula is C25H22N6. The van der Waals surface area contributed by atoms with E-state index in [0.29, 0.717) is 5.95 Å². The maximum absolute atomic E-state index is 7.80. The van der Waals surface area contributed by atoms with Gasteiger partial charge in [0.15, 0.2) is 0 Å². The molecule has 1 aliphatic carbocycles. The Morgan fingerprint density at radius 2 is 1.58 bits per heavy atom. The highest BCUT2D eigenvalue weighted by molar-refractivity contribution is 6.08. The van der Waals surface area contributed by atoms with Gasteiger partial charge < -0.3 is 11.5 Å². The van der Waals surface area contributed by atoms with E-state index in [1.807, 2.05) is 54.7 Å². The summed E-state index contributed by atoms with van der Waals surface area (Å²) in [6.45, 7) is 0. The van der Waals surface area contributed by atoms with Crippen LogP contribution in [0.3, 0.4) is 0 Å². The zero-order chi connectivity index (χ0) is 21.4. The van der Waals surface area contributed by atoms with Crippen LogP contribution in [0.25, 0.3) is 22.4 Å². The van der Waals surface area contributed by atoms with Gasteiger partial charge in [-0.3, -0.25) is 5.41 Å². The number of nitrogen functional groups attached to an aromatic ring is 2. The normalized spacial score (nSPS) is 14.0. The fourth-order valence-corrected chi connectivity index (χ4v) is 4.06. The number of benzene rings is 3. The van der Waals surface area contributed by atoms with Gasteiger partial charge in [0.05, 0.1) is 17.6 Å². The van der Waals surface area contributed by atoms with Crippen molar-refractivity contribution in [3.05, 3.63) is 95.7 Å². The summed E-state index contributed by atoms with van der Waals surface area (Å²) in [6.07, 6.45) is 3.44. The van der Waals surface area contributed by atoms with Crippen molar-refractivity contribution in [1.82, 2.24) is 9.66 Å². The Balaban J connectivity index is 1.45. The molecule has 0 amide bonds. The SMILES string of the molecule is N=C(N)c1cccc2c1CC/C2=N\n1cc(-c2ccc(-c3ccccc3)cc2)nc1N. The summed E-state index contributed by atoms with van der Waals surface area (Å²) >= 11 is 0. The monoisotopic (exact) mass is 406 g/mol. The standard InChI is InChI=1S/C25H22N6/c26-24(27)21-8-4-7-20-19(21)13-14-22(20)30-31-15-23(29-25(31)28)18-11-9-17(10-12-18)16-5-2-1-3-6-16/h1-12,15H,13-14H2,(H3,26,27)(H2,28,29)/b30-22+. The van der Waals surface area contributed by atoms with Gasteiger partial charge >= 0.3 is 0 Å². The van der Waals surface area contributed by atoms with E-state index in [4.69, 9.17) is 22.0 Å². The molecule has 1 aliphatic rings. The van der Waals surface area contributed by atoms with Gasteiger partial charge in [-0.15, -0.1) is 0 Å². The summed E-state index contributed by atoms with van der Waals surface area (Å²) in [5.74, 6) is 0.423. The van der Waals surface area contributed by atoms with Crippen molar-refractivity contribution in [2.45, 2.75) is 12.8 Å². The summed E-state index contributed by atoms with van der Waals surface area (Å²) in [6, 6.07) is 24.3. The van der Waals surface area contributed by atoms with E-state index >= 15 is 0 Å². The zero-order valence-electron chi connectivity index (χ0n) is 16.9. The molecule has 5 N–H and O–H groups in total. The lowest BCUT2D eigenvalue weighted by Gasteiger charge is -2.06. The van der Waals surface area contributed by atoms with E-state index in [1.54, 1.807) is 4.68 Å². The van der Waals surface area contributed by atoms with Crippen LogP contribution in [0.1, 0.15) is 23.1 Å². The van der Waals surface area contributed by atoms with Crippen LogP contribution in [0.15, 0.2) is 84.1 Å². The Morgan fingerprint density at radius 1 is 0.871 bits per heavy atom. The molecule has 1 heterocycles. The third-order valence-electron chi connectivity index (χ3n) is 5.62. The average Bonchev–Trinajstić information content (AvgIpc) is 3.38. The van der Waals surface area contributed by atoms with E-state index in [2.05, 4.69) is 29.2 Å². The van der Waals surface area contributed by atoms with E-state index < -0.39 is 0 Å². The summed E-state index contributed by atoms with van der Waals surface area (Å²) in [5, 5.41) is 12.5. The Kier molecular flexibility index (Phi) is 4.59. The Hall–Kier alpha value is -4.19. The van der Waals surface area contributed by atoms with Gasteiger partial charge in [-0.2, -0.15) is 5.10 Å². The number of amidine groups is 1.